The standard InChI is InChI=1S/C31H30N4O3/c32-29(33)18-31(37)38-28-8-4-7-26-14-11-23(17-27(26)28)20-35-16-15-34(21-30(35)36)19-22-9-12-25(13-10-22)24-5-2-1-3-6-24/h1-14,17H,15-16,18-21H2,(H3,32,33). The lowest BCUT2D eigenvalue weighted by Crippen LogP contribution is -2.49. The number of nitrogens with one attached hydrogen (secondary N) is 1. The Morgan fingerprint density at radius 2 is 1.58 bits per heavy atom. The van der Waals surface area contributed by atoms with Gasteiger partial charge in [0.1, 0.15) is 18.0 Å². The van der Waals surface area contributed by atoms with Crippen molar-refractivity contribution < 1.29 is 14.3 Å². The molecule has 0 saturated carbocycles. The molecule has 1 aliphatic rings. The fraction of sp³-hybridized carbons (Fsp3) is 0.194. The third-order valence-electron chi connectivity index (χ3n) is 6.70. The number of fused-ring (bicyclic) bond motifs is 1. The van der Waals surface area contributed by atoms with Crippen LogP contribution >= 0.6 is 0 Å². The summed E-state index contributed by atoms with van der Waals surface area (Å²) in [5.41, 5.74) is 9.85. The van der Waals surface area contributed by atoms with Crippen molar-refractivity contribution >= 4 is 28.5 Å². The quantitative estimate of drug-likeness (QED) is 0.158. The Morgan fingerprint density at radius 3 is 2.32 bits per heavy atom. The number of nitrogens with zero attached hydrogens (tertiary/aromatic N) is 2. The van der Waals surface area contributed by atoms with Crippen LogP contribution in [0.4, 0.5) is 0 Å². The molecule has 38 heavy (non-hydrogen) atoms. The molecule has 0 spiro atoms. The van der Waals surface area contributed by atoms with Crippen LogP contribution in [0.5, 0.6) is 5.75 Å². The molecule has 1 aliphatic heterocycles. The number of carbonyl (C=O) groups is 2. The molecule has 7 heteroatoms. The van der Waals surface area contributed by atoms with Gasteiger partial charge in [-0.15, -0.1) is 0 Å². The molecule has 1 heterocycles. The van der Waals surface area contributed by atoms with E-state index in [1.54, 1.807) is 6.07 Å². The van der Waals surface area contributed by atoms with Crippen LogP contribution in [0.1, 0.15) is 17.5 Å². The molecule has 0 atom stereocenters. The number of ether oxygens (including phenoxy) is 1. The molecule has 7 nitrogen and oxygen atoms in total. The van der Waals surface area contributed by atoms with E-state index in [-0.39, 0.29) is 18.2 Å². The predicted molar refractivity (Wildman–Crippen MR) is 149 cm³/mol. The molecule has 0 aliphatic carbocycles. The highest BCUT2D eigenvalue weighted by atomic mass is 16.5. The summed E-state index contributed by atoms with van der Waals surface area (Å²) >= 11 is 0. The Kier molecular flexibility index (Phi) is 7.47. The lowest BCUT2D eigenvalue weighted by atomic mass is 10.0. The van der Waals surface area contributed by atoms with Gasteiger partial charge >= 0.3 is 5.97 Å². The van der Waals surface area contributed by atoms with E-state index in [1.807, 2.05) is 53.4 Å². The Bertz CT molecular complexity index is 1470. The Balaban J connectivity index is 1.21. The van der Waals surface area contributed by atoms with Gasteiger partial charge in [-0.25, -0.2) is 0 Å². The number of amides is 1. The fourth-order valence-corrected chi connectivity index (χ4v) is 4.76. The Morgan fingerprint density at radius 1 is 0.842 bits per heavy atom. The van der Waals surface area contributed by atoms with Gasteiger partial charge in [0.15, 0.2) is 0 Å². The minimum absolute atomic E-state index is 0.0958. The fourth-order valence-electron chi connectivity index (χ4n) is 4.76. The highest BCUT2D eigenvalue weighted by molar-refractivity contribution is 5.97. The zero-order valence-corrected chi connectivity index (χ0v) is 21.1. The van der Waals surface area contributed by atoms with Crippen LogP contribution < -0.4 is 10.5 Å². The number of esters is 1. The largest absolute Gasteiger partial charge is 0.426 e. The molecule has 5 rings (SSSR count). The lowest BCUT2D eigenvalue weighted by molar-refractivity contribution is -0.137. The predicted octanol–water partition coefficient (Wildman–Crippen LogP) is 4.58. The SMILES string of the molecule is N=C(N)CC(=O)Oc1cccc2ccc(CN3CCN(Cc4ccc(-c5ccccc5)cc4)CC3=O)cc12. The molecular formula is C31H30N4O3. The highest BCUT2D eigenvalue weighted by Gasteiger charge is 2.24. The summed E-state index contributed by atoms with van der Waals surface area (Å²) in [6, 6.07) is 30.2. The molecule has 0 unspecified atom stereocenters. The van der Waals surface area contributed by atoms with Crippen molar-refractivity contribution in [2.45, 2.75) is 19.5 Å². The second-order valence-electron chi connectivity index (χ2n) is 9.58. The molecule has 1 amide bonds. The summed E-state index contributed by atoms with van der Waals surface area (Å²) in [5.74, 6) is -0.294. The van der Waals surface area contributed by atoms with Crippen molar-refractivity contribution in [3.8, 4) is 16.9 Å². The van der Waals surface area contributed by atoms with E-state index >= 15 is 0 Å². The third-order valence-corrected chi connectivity index (χ3v) is 6.70. The molecule has 0 radical (unpaired) electrons. The minimum Gasteiger partial charge on any atom is -0.426 e. The maximum Gasteiger partial charge on any atom is 0.318 e. The van der Waals surface area contributed by atoms with Gasteiger partial charge in [0.05, 0.1) is 6.54 Å². The van der Waals surface area contributed by atoms with Gasteiger partial charge in [0.25, 0.3) is 0 Å². The first-order chi connectivity index (χ1) is 18.4. The second-order valence-corrected chi connectivity index (χ2v) is 9.58. The number of rotatable bonds is 8. The average molecular weight is 507 g/mol. The van der Waals surface area contributed by atoms with Crippen molar-refractivity contribution in [2.75, 3.05) is 19.6 Å². The summed E-state index contributed by atoms with van der Waals surface area (Å²) in [6.07, 6.45) is -0.258. The molecular weight excluding hydrogens is 476 g/mol. The van der Waals surface area contributed by atoms with Crippen molar-refractivity contribution in [3.05, 3.63) is 102 Å². The van der Waals surface area contributed by atoms with Crippen molar-refractivity contribution in [3.63, 3.8) is 0 Å². The normalized spacial score (nSPS) is 14.0. The van der Waals surface area contributed by atoms with Crippen LogP contribution in [-0.2, 0) is 22.7 Å². The Hall–Kier alpha value is -4.49. The maximum absolute atomic E-state index is 13.0. The van der Waals surface area contributed by atoms with Crippen LogP contribution in [0.15, 0.2) is 91.0 Å². The number of hydrogen-bond donors (Lipinski definition) is 2. The van der Waals surface area contributed by atoms with Gasteiger partial charge in [0, 0.05) is 31.6 Å². The highest BCUT2D eigenvalue weighted by Crippen LogP contribution is 2.28. The van der Waals surface area contributed by atoms with E-state index in [2.05, 4.69) is 41.3 Å². The summed E-state index contributed by atoms with van der Waals surface area (Å²) in [5, 5.41) is 9.02. The molecule has 1 saturated heterocycles. The number of piperazine rings is 1. The summed E-state index contributed by atoms with van der Waals surface area (Å²) in [6.45, 7) is 3.05. The lowest BCUT2D eigenvalue weighted by Gasteiger charge is -2.34. The van der Waals surface area contributed by atoms with Gasteiger partial charge < -0.3 is 15.4 Å². The monoisotopic (exact) mass is 506 g/mol. The topological polar surface area (TPSA) is 99.7 Å². The van der Waals surface area contributed by atoms with E-state index in [0.29, 0.717) is 25.4 Å². The first-order valence-electron chi connectivity index (χ1n) is 12.6. The van der Waals surface area contributed by atoms with Gasteiger partial charge in [0.2, 0.25) is 5.91 Å². The van der Waals surface area contributed by atoms with Gasteiger partial charge in [-0.3, -0.25) is 19.9 Å². The van der Waals surface area contributed by atoms with E-state index in [9.17, 15) is 9.59 Å². The maximum atomic E-state index is 13.0. The van der Waals surface area contributed by atoms with Crippen LogP contribution in [0.3, 0.4) is 0 Å². The summed E-state index contributed by atoms with van der Waals surface area (Å²) in [4.78, 5) is 29.1. The van der Waals surface area contributed by atoms with Crippen LogP contribution in [0.25, 0.3) is 21.9 Å². The van der Waals surface area contributed by atoms with E-state index < -0.39 is 5.97 Å². The smallest absolute Gasteiger partial charge is 0.318 e. The van der Waals surface area contributed by atoms with E-state index in [0.717, 1.165) is 29.4 Å². The number of carbonyl (C=O) groups excluding carboxylic acids is 2. The average Bonchev–Trinajstić information content (AvgIpc) is 2.91. The van der Waals surface area contributed by atoms with Gasteiger partial charge in [-0.05, 0) is 39.8 Å². The molecule has 0 aromatic heterocycles. The number of benzene rings is 4. The number of nitrogens with two attached hydrogens (primary N) is 1. The molecule has 1 fully saturated rings. The van der Waals surface area contributed by atoms with Crippen molar-refractivity contribution in [1.82, 2.24) is 9.80 Å². The van der Waals surface area contributed by atoms with Crippen LogP contribution in [-0.4, -0.2) is 47.1 Å². The van der Waals surface area contributed by atoms with Crippen LogP contribution in [0, 0.1) is 5.41 Å². The van der Waals surface area contributed by atoms with Gasteiger partial charge in [-0.1, -0.05) is 78.9 Å². The first kappa shape index (κ1) is 25.2. The first-order valence-corrected chi connectivity index (χ1v) is 12.6. The van der Waals surface area contributed by atoms with E-state index in [1.165, 1.54) is 16.7 Å². The molecule has 4 aromatic rings. The summed E-state index contributed by atoms with van der Waals surface area (Å²) < 4.78 is 5.46. The number of hydrogen-bond acceptors (Lipinski definition) is 5. The van der Waals surface area contributed by atoms with E-state index in [4.69, 9.17) is 15.9 Å². The zero-order chi connectivity index (χ0) is 26.5. The third kappa shape index (κ3) is 6.07. The molecule has 4 aromatic carbocycles. The van der Waals surface area contributed by atoms with Crippen molar-refractivity contribution in [1.29, 1.82) is 5.41 Å². The Labute approximate surface area is 221 Å². The van der Waals surface area contributed by atoms with Crippen LogP contribution in [0.2, 0.25) is 0 Å². The number of amidine groups is 1. The van der Waals surface area contributed by atoms with Gasteiger partial charge in [-0.2, -0.15) is 0 Å². The second kappa shape index (κ2) is 11.3. The van der Waals surface area contributed by atoms with Crippen molar-refractivity contribution in [2.24, 2.45) is 5.73 Å². The molecule has 192 valence electrons. The molecule has 3 N–H and O–H groups in total. The minimum atomic E-state index is -0.573. The molecule has 0 bridgehead atoms. The zero-order valence-electron chi connectivity index (χ0n) is 21.1. The summed E-state index contributed by atoms with van der Waals surface area (Å²) in [7, 11) is 0.